The van der Waals surface area contributed by atoms with Crippen LogP contribution in [0.25, 0.3) is 11.1 Å². The van der Waals surface area contributed by atoms with Gasteiger partial charge in [0.1, 0.15) is 4.75 Å². The topological polar surface area (TPSA) is 52.2 Å². The molecule has 1 atom stereocenters. The van der Waals surface area contributed by atoms with E-state index in [9.17, 15) is 9.35 Å². The van der Waals surface area contributed by atoms with Gasteiger partial charge in [0.15, 0.2) is 6.29 Å². The first kappa shape index (κ1) is 16.7. The van der Waals surface area contributed by atoms with Crippen LogP contribution in [0.3, 0.4) is 0 Å². The monoisotopic (exact) mass is 315 g/mol. The molecule has 0 spiro atoms. The highest BCUT2D eigenvalue weighted by atomic mass is 32.2. The minimum absolute atomic E-state index is 0.275. The number of nitrogens with one attached hydrogen (secondary N) is 1. The van der Waals surface area contributed by atoms with Gasteiger partial charge in [-0.3, -0.25) is 4.79 Å². The van der Waals surface area contributed by atoms with Gasteiger partial charge in [0.05, 0.1) is 6.54 Å². The molecule has 1 unspecified atom stereocenters. The lowest BCUT2D eigenvalue weighted by Gasteiger charge is -2.23. The second-order valence-electron chi connectivity index (χ2n) is 6.10. The summed E-state index contributed by atoms with van der Waals surface area (Å²) < 4.78 is 14.7. The smallest absolute Gasteiger partial charge is 0.150 e. The van der Waals surface area contributed by atoms with E-state index in [0.29, 0.717) is 12.1 Å². The first-order valence-corrected chi connectivity index (χ1v) is 8.35. The maximum Gasteiger partial charge on any atom is 0.150 e. The third kappa shape index (κ3) is 4.19. The van der Waals surface area contributed by atoms with Crippen molar-refractivity contribution < 1.29 is 9.35 Å². The molecule has 2 aromatic carbocycles. The summed E-state index contributed by atoms with van der Waals surface area (Å²) in [6.45, 7) is 6.38. The first-order chi connectivity index (χ1) is 10.4. The van der Waals surface area contributed by atoms with Crippen LogP contribution in [0.4, 0.5) is 0 Å². The van der Waals surface area contributed by atoms with Gasteiger partial charge in [-0.2, -0.15) is 0 Å². The zero-order chi connectivity index (χ0) is 16.2. The predicted molar refractivity (Wildman–Crippen MR) is 92.0 cm³/mol. The Morgan fingerprint density at radius 1 is 1.09 bits per heavy atom. The van der Waals surface area contributed by atoms with Crippen LogP contribution in [0, 0.1) is 0 Å². The van der Waals surface area contributed by atoms with Crippen molar-refractivity contribution >= 4 is 17.6 Å². The van der Waals surface area contributed by atoms with Crippen LogP contribution in [0.1, 0.15) is 36.7 Å². The predicted octanol–water partition coefficient (Wildman–Crippen LogP) is 3.72. The van der Waals surface area contributed by atoms with Gasteiger partial charge in [0, 0.05) is 16.9 Å². The maximum atomic E-state index is 12.0. The lowest BCUT2D eigenvalue weighted by Crippen LogP contribution is -2.38. The molecule has 3 nitrogen and oxygen atoms in total. The molecule has 0 heterocycles. The van der Waals surface area contributed by atoms with Crippen LogP contribution < -0.4 is 4.72 Å². The molecule has 0 saturated carbocycles. The molecule has 22 heavy (non-hydrogen) atoms. The van der Waals surface area contributed by atoms with E-state index >= 15 is 0 Å². The van der Waals surface area contributed by atoms with Crippen molar-refractivity contribution in [3.63, 3.8) is 0 Å². The summed E-state index contributed by atoms with van der Waals surface area (Å²) in [5.41, 5.74) is 3.67. The van der Waals surface area contributed by atoms with Gasteiger partial charge < -0.3 is 4.55 Å². The molecule has 116 valence electrons. The highest BCUT2D eigenvalue weighted by Gasteiger charge is 2.25. The third-order valence-corrected chi connectivity index (χ3v) is 4.84. The summed E-state index contributed by atoms with van der Waals surface area (Å²) in [6.07, 6.45) is 0.872. The molecule has 0 radical (unpaired) electrons. The van der Waals surface area contributed by atoms with Crippen LogP contribution in [0.2, 0.25) is 0 Å². The fourth-order valence-electron chi connectivity index (χ4n) is 2.03. The molecule has 0 aromatic heterocycles. The molecule has 0 saturated heterocycles. The van der Waals surface area contributed by atoms with E-state index in [1.54, 1.807) is 0 Å². The Kier molecular flexibility index (Phi) is 5.40. The number of carbonyl (C=O) groups is 1. The summed E-state index contributed by atoms with van der Waals surface area (Å²) >= 11 is -1.08. The zero-order valence-electron chi connectivity index (χ0n) is 13.1. The Morgan fingerprint density at radius 3 is 2.32 bits per heavy atom. The van der Waals surface area contributed by atoms with Crippen LogP contribution in [0.15, 0.2) is 48.5 Å². The highest BCUT2D eigenvalue weighted by Crippen LogP contribution is 2.23. The van der Waals surface area contributed by atoms with Gasteiger partial charge in [0.25, 0.3) is 0 Å². The lowest BCUT2D eigenvalue weighted by molar-refractivity contribution is 0.112. The molecule has 0 amide bonds. The Labute approximate surface area is 135 Å². The van der Waals surface area contributed by atoms with Gasteiger partial charge in [-0.25, -0.2) is 0 Å². The SMILES string of the molecule is CC(C)(C)[S+]([O-])NCc1ccc(-c2ccccc2C=O)cc1. The second-order valence-corrected chi connectivity index (χ2v) is 8.16. The molecule has 0 fully saturated rings. The number of hydrogen-bond acceptors (Lipinski definition) is 3. The number of carbonyl (C=O) groups excluding carboxylic acids is 1. The van der Waals surface area contributed by atoms with Crippen LogP contribution >= 0.6 is 0 Å². The number of aldehydes is 1. The molecule has 0 bridgehead atoms. The standard InChI is InChI=1S/C18H21NO2S/c1-18(2,3)22(21)19-12-14-8-10-15(11-9-14)17-7-5-4-6-16(17)13-20/h4-11,13,19H,12H2,1-3H3. The van der Waals surface area contributed by atoms with Crippen molar-refractivity contribution in [2.75, 3.05) is 0 Å². The maximum absolute atomic E-state index is 12.0. The van der Waals surface area contributed by atoms with Crippen LogP contribution in [0.5, 0.6) is 0 Å². The number of hydrogen-bond donors (Lipinski definition) is 1. The van der Waals surface area contributed by atoms with E-state index in [-0.39, 0.29) is 4.75 Å². The van der Waals surface area contributed by atoms with Crippen molar-refractivity contribution in [3.05, 3.63) is 59.7 Å². The van der Waals surface area contributed by atoms with Gasteiger partial charge in [0.2, 0.25) is 0 Å². The first-order valence-electron chi connectivity index (χ1n) is 7.21. The van der Waals surface area contributed by atoms with Crippen LogP contribution in [-0.4, -0.2) is 15.6 Å². The summed E-state index contributed by atoms with van der Waals surface area (Å²) in [7, 11) is 0. The highest BCUT2D eigenvalue weighted by molar-refractivity contribution is 7.90. The summed E-state index contributed by atoms with van der Waals surface area (Å²) in [6, 6.07) is 15.5. The molecular formula is C18H21NO2S. The Balaban J connectivity index is 2.09. The van der Waals surface area contributed by atoms with Crippen molar-refractivity contribution in [2.45, 2.75) is 32.1 Å². The summed E-state index contributed by atoms with van der Waals surface area (Å²) in [4.78, 5) is 11.1. The minimum atomic E-state index is -1.08. The molecule has 0 aliphatic heterocycles. The van der Waals surface area contributed by atoms with Gasteiger partial charge >= 0.3 is 0 Å². The normalized spacial score (nSPS) is 12.9. The second kappa shape index (κ2) is 7.09. The molecule has 4 heteroatoms. The zero-order valence-corrected chi connectivity index (χ0v) is 13.9. The van der Waals surface area contributed by atoms with Crippen LogP contribution in [-0.2, 0) is 17.9 Å². The summed E-state index contributed by atoms with van der Waals surface area (Å²) in [5, 5.41) is 0. The van der Waals surface area contributed by atoms with Crippen molar-refractivity contribution in [3.8, 4) is 11.1 Å². The largest absolute Gasteiger partial charge is 0.598 e. The van der Waals surface area contributed by atoms with Gasteiger partial charge in [-0.15, -0.1) is 4.72 Å². The van der Waals surface area contributed by atoms with E-state index < -0.39 is 11.4 Å². The lowest BCUT2D eigenvalue weighted by atomic mass is 9.99. The Morgan fingerprint density at radius 2 is 1.73 bits per heavy atom. The number of benzene rings is 2. The minimum Gasteiger partial charge on any atom is -0.598 e. The van der Waals surface area contributed by atoms with E-state index in [0.717, 1.165) is 23.0 Å². The van der Waals surface area contributed by atoms with E-state index in [1.807, 2.05) is 69.3 Å². The third-order valence-electron chi connectivity index (χ3n) is 3.32. The number of rotatable bonds is 5. The fourth-order valence-corrected chi connectivity index (χ4v) is 2.76. The fraction of sp³-hybridized carbons (Fsp3) is 0.278. The molecular weight excluding hydrogens is 294 g/mol. The van der Waals surface area contributed by atoms with Crippen molar-refractivity contribution in [1.82, 2.24) is 4.72 Å². The van der Waals surface area contributed by atoms with Crippen molar-refractivity contribution in [2.24, 2.45) is 0 Å². The molecule has 1 N–H and O–H groups in total. The van der Waals surface area contributed by atoms with Gasteiger partial charge in [-0.1, -0.05) is 48.5 Å². The molecule has 0 aliphatic rings. The van der Waals surface area contributed by atoms with E-state index in [2.05, 4.69) is 4.72 Å². The summed E-state index contributed by atoms with van der Waals surface area (Å²) in [5.74, 6) is 0. The van der Waals surface area contributed by atoms with Gasteiger partial charge in [-0.05, 0) is 37.5 Å². The molecule has 0 aliphatic carbocycles. The van der Waals surface area contributed by atoms with E-state index in [4.69, 9.17) is 0 Å². The van der Waals surface area contributed by atoms with Crippen molar-refractivity contribution in [1.29, 1.82) is 0 Å². The molecule has 2 rings (SSSR count). The quantitative estimate of drug-likeness (QED) is 0.676. The Hall–Kier alpha value is -1.62. The molecule has 2 aromatic rings. The Bertz CT molecular complexity index is 632. The average molecular weight is 315 g/mol. The average Bonchev–Trinajstić information content (AvgIpc) is 2.52. The van der Waals surface area contributed by atoms with E-state index in [1.165, 1.54) is 0 Å².